The molecule has 0 saturated carbocycles. The Bertz CT molecular complexity index is 803. The van der Waals surface area contributed by atoms with E-state index in [0.717, 1.165) is 25.7 Å². The van der Waals surface area contributed by atoms with E-state index in [1.807, 2.05) is 0 Å². The van der Waals surface area contributed by atoms with Crippen molar-refractivity contribution >= 4 is 12.0 Å². The number of amides is 1. The highest BCUT2D eigenvalue weighted by atomic mass is 16.6. The van der Waals surface area contributed by atoms with Crippen molar-refractivity contribution in [2.75, 3.05) is 26.8 Å². The van der Waals surface area contributed by atoms with Crippen LogP contribution in [0.2, 0.25) is 0 Å². The molecule has 2 rings (SSSR count). The quantitative estimate of drug-likeness (QED) is 0.283. The summed E-state index contributed by atoms with van der Waals surface area (Å²) in [6, 6.07) is 0. The first-order chi connectivity index (χ1) is 14.0. The van der Waals surface area contributed by atoms with Crippen LogP contribution < -0.4 is 22.3 Å². The Morgan fingerprint density at radius 3 is 2.90 bits per heavy atom. The maximum Gasteiger partial charge on any atom is 0.330 e. The van der Waals surface area contributed by atoms with Gasteiger partial charge in [-0.25, -0.2) is 4.79 Å². The van der Waals surface area contributed by atoms with Gasteiger partial charge in [0, 0.05) is 32.3 Å². The van der Waals surface area contributed by atoms with Crippen LogP contribution in [0, 0.1) is 0 Å². The molecule has 0 radical (unpaired) electrons. The fourth-order valence-electron chi connectivity index (χ4n) is 3.09. The maximum absolute atomic E-state index is 12.1. The third-order valence-corrected chi connectivity index (χ3v) is 4.69. The van der Waals surface area contributed by atoms with E-state index in [4.69, 9.17) is 15.2 Å². The SMILES string of the molecule is COC[C@H]1O[C@@H](n2cc(/C=C/C(=O)NCCCCCCN)c(=O)[nH]c2=O)C[C@H]1O. The summed E-state index contributed by atoms with van der Waals surface area (Å²) in [5, 5.41) is 12.8. The van der Waals surface area contributed by atoms with E-state index < -0.39 is 29.7 Å². The number of carbonyl (C=O) groups excluding carboxylic acids is 1. The zero-order valence-corrected chi connectivity index (χ0v) is 16.6. The first-order valence-electron chi connectivity index (χ1n) is 9.80. The standard InChI is InChI=1S/C19H30N4O6/c1-28-12-15-14(24)10-17(29-15)23-11-13(18(26)22-19(23)27)6-7-16(25)21-9-5-3-2-4-8-20/h6-7,11,14-15,17,24H,2-5,8-10,12,20H2,1H3,(H,21,25)(H,22,26,27)/b7-6+/t14-,15-,17-/m1/s1. The molecule has 1 aromatic heterocycles. The van der Waals surface area contributed by atoms with E-state index in [1.54, 1.807) is 0 Å². The average molecular weight is 410 g/mol. The highest BCUT2D eigenvalue weighted by Crippen LogP contribution is 2.27. The summed E-state index contributed by atoms with van der Waals surface area (Å²) in [5.74, 6) is -0.325. The molecule has 1 saturated heterocycles. The lowest BCUT2D eigenvalue weighted by atomic mass is 10.2. The Kier molecular flexibility index (Phi) is 9.26. The van der Waals surface area contributed by atoms with Gasteiger partial charge in [-0.1, -0.05) is 12.8 Å². The number of unbranched alkanes of at least 4 members (excludes halogenated alkanes) is 3. The van der Waals surface area contributed by atoms with E-state index >= 15 is 0 Å². The van der Waals surface area contributed by atoms with Crippen molar-refractivity contribution in [3.63, 3.8) is 0 Å². The minimum Gasteiger partial charge on any atom is -0.390 e. The van der Waals surface area contributed by atoms with E-state index in [1.165, 1.54) is 30.0 Å². The fourth-order valence-corrected chi connectivity index (χ4v) is 3.09. The molecule has 0 aliphatic carbocycles. The van der Waals surface area contributed by atoms with Gasteiger partial charge in [0.2, 0.25) is 5.91 Å². The molecule has 1 fully saturated rings. The van der Waals surface area contributed by atoms with Crippen molar-refractivity contribution in [3.05, 3.63) is 38.7 Å². The number of nitrogens with zero attached hydrogens (tertiary/aromatic N) is 1. The van der Waals surface area contributed by atoms with Crippen LogP contribution in [0.4, 0.5) is 0 Å². The highest BCUT2D eigenvalue weighted by Gasteiger charge is 2.35. The number of aliphatic hydroxyl groups excluding tert-OH is 1. The molecule has 10 nitrogen and oxygen atoms in total. The number of nitrogens with two attached hydrogens (primary N) is 1. The van der Waals surface area contributed by atoms with Crippen LogP contribution in [-0.4, -0.2) is 59.6 Å². The Morgan fingerprint density at radius 2 is 2.17 bits per heavy atom. The summed E-state index contributed by atoms with van der Waals surface area (Å²) in [5.41, 5.74) is 4.31. The molecule has 29 heavy (non-hydrogen) atoms. The van der Waals surface area contributed by atoms with Crippen LogP contribution in [0.1, 0.15) is 43.9 Å². The molecule has 0 spiro atoms. The lowest BCUT2D eigenvalue weighted by Gasteiger charge is -2.15. The summed E-state index contributed by atoms with van der Waals surface area (Å²) in [6.07, 6.45) is 5.88. The molecule has 3 atom stereocenters. The minimum atomic E-state index is -0.784. The smallest absolute Gasteiger partial charge is 0.330 e. The molecule has 0 aromatic carbocycles. The molecule has 1 aliphatic rings. The first kappa shape index (κ1) is 23.0. The summed E-state index contributed by atoms with van der Waals surface area (Å²) in [4.78, 5) is 38.3. The zero-order valence-electron chi connectivity index (χ0n) is 16.6. The zero-order chi connectivity index (χ0) is 21.2. The number of carbonyl (C=O) groups is 1. The lowest BCUT2D eigenvalue weighted by molar-refractivity contribution is -0.116. The van der Waals surface area contributed by atoms with Crippen molar-refractivity contribution in [2.45, 2.75) is 50.5 Å². The number of aromatic amines is 1. The predicted molar refractivity (Wildman–Crippen MR) is 107 cm³/mol. The number of nitrogens with one attached hydrogen (secondary N) is 2. The van der Waals surface area contributed by atoms with Gasteiger partial charge in [-0.2, -0.15) is 0 Å². The number of rotatable bonds is 11. The molecule has 1 aromatic rings. The third kappa shape index (κ3) is 6.93. The van der Waals surface area contributed by atoms with Gasteiger partial charge >= 0.3 is 5.69 Å². The van der Waals surface area contributed by atoms with Crippen LogP contribution in [0.15, 0.2) is 21.9 Å². The van der Waals surface area contributed by atoms with Gasteiger partial charge in [0.15, 0.2) is 0 Å². The lowest BCUT2D eigenvalue weighted by Crippen LogP contribution is -2.33. The van der Waals surface area contributed by atoms with Crippen molar-refractivity contribution in [1.29, 1.82) is 0 Å². The number of hydrogen-bond donors (Lipinski definition) is 4. The molecule has 1 aliphatic heterocycles. The molecular formula is C19H30N4O6. The first-order valence-corrected chi connectivity index (χ1v) is 9.80. The maximum atomic E-state index is 12.1. The van der Waals surface area contributed by atoms with Crippen molar-refractivity contribution < 1.29 is 19.4 Å². The van der Waals surface area contributed by atoms with Crippen LogP contribution in [0.25, 0.3) is 6.08 Å². The number of aromatic nitrogens is 2. The molecule has 0 unspecified atom stereocenters. The van der Waals surface area contributed by atoms with E-state index in [0.29, 0.717) is 13.1 Å². The van der Waals surface area contributed by atoms with Gasteiger partial charge in [0.25, 0.3) is 5.56 Å². The molecule has 0 bridgehead atoms. The molecule has 162 valence electrons. The van der Waals surface area contributed by atoms with Crippen LogP contribution in [0.3, 0.4) is 0 Å². The van der Waals surface area contributed by atoms with E-state index in [2.05, 4.69) is 10.3 Å². The summed E-state index contributed by atoms with van der Waals surface area (Å²) >= 11 is 0. The predicted octanol–water partition coefficient (Wildman–Crippen LogP) is -0.520. The second kappa shape index (κ2) is 11.7. The summed E-state index contributed by atoms with van der Waals surface area (Å²) in [7, 11) is 1.49. The van der Waals surface area contributed by atoms with Crippen molar-refractivity contribution in [2.24, 2.45) is 5.73 Å². The molecule has 1 amide bonds. The monoisotopic (exact) mass is 410 g/mol. The van der Waals surface area contributed by atoms with Gasteiger partial charge in [0.05, 0.1) is 18.3 Å². The molecule has 10 heteroatoms. The third-order valence-electron chi connectivity index (χ3n) is 4.69. The fraction of sp³-hybridized carbons (Fsp3) is 0.632. The number of aliphatic hydroxyl groups is 1. The highest BCUT2D eigenvalue weighted by molar-refractivity contribution is 5.91. The number of methoxy groups -OCH3 is 1. The van der Waals surface area contributed by atoms with E-state index in [9.17, 15) is 19.5 Å². The second-order valence-electron chi connectivity index (χ2n) is 6.97. The van der Waals surface area contributed by atoms with Gasteiger partial charge in [-0.15, -0.1) is 0 Å². The molecule has 2 heterocycles. The second-order valence-corrected chi connectivity index (χ2v) is 6.97. The number of ether oxygens (including phenoxy) is 2. The Labute approximate surface area is 168 Å². The number of hydrogen-bond acceptors (Lipinski definition) is 7. The Morgan fingerprint density at radius 1 is 1.41 bits per heavy atom. The van der Waals surface area contributed by atoms with Crippen LogP contribution >= 0.6 is 0 Å². The largest absolute Gasteiger partial charge is 0.390 e. The molecular weight excluding hydrogens is 380 g/mol. The van der Waals surface area contributed by atoms with Crippen molar-refractivity contribution in [1.82, 2.24) is 14.9 Å². The molecule has 5 N–H and O–H groups in total. The van der Waals surface area contributed by atoms with Crippen LogP contribution in [-0.2, 0) is 14.3 Å². The Hall–Kier alpha value is -2.27. The Balaban J connectivity index is 1.98. The topological polar surface area (TPSA) is 149 Å². The minimum absolute atomic E-state index is 0.135. The van der Waals surface area contributed by atoms with Crippen LogP contribution in [0.5, 0.6) is 0 Å². The van der Waals surface area contributed by atoms with Gasteiger partial charge in [-0.05, 0) is 25.5 Å². The normalized spacial score (nSPS) is 21.7. The summed E-state index contributed by atoms with van der Waals surface area (Å²) < 4.78 is 11.8. The average Bonchev–Trinajstić information content (AvgIpc) is 3.04. The van der Waals surface area contributed by atoms with E-state index in [-0.39, 0.29) is 24.5 Å². The number of H-pyrrole nitrogens is 1. The van der Waals surface area contributed by atoms with Gasteiger partial charge in [-0.3, -0.25) is 19.1 Å². The van der Waals surface area contributed by atoms with Gasteiger partial charge < -0.3 is 25.6 Å². The van der Waals surface area contributed by atoms with Gasteiger partial charge in [0.1, 0.15) is 12.3 Å². The summed E-state index contributed by atoms with van der Waals surface area (Å²) in [6.45, 7) is 1.40. The van der Waals surface area contributed by atoms with Crippen molar-refractivity contribution in [3.8, 4) is 0 Å².